The molecule has 5 nitrogen and oxygen atoms in total. The van der Waals surface area contributed by atoms with E-state index in [-0.39, 0.29) is 12.1 Å². The minimum Gasteiger partial charge on any atom is -0.495 e. The van der Waals surface area contributed by atoms with Crippen molar-refractivity contribution >= 4 is 29.1 Å². The van der Waals surface area contributed by atoms with Crippen molar-refractivity contribution in [2.75, 3.05) is 26.0 Å². The molecule has 0 aliphatic heterocycles. The van der Waals surface area contributed by atoms with Crippen LogP contribution in [0.4, 0.5) is 10.1 Å². The highest BCUT2D eigenvalue weighted by molar-refractivity contribution is 6.31. The van der Waals surface area contributed by atoms with Crippen LogP contribution in [0.2, 0.25) is 5.02 Å². The van der Waals surface area contributed by atoms with Crippen molar-refractivity contribution in [1.82, 2.24) is 4.90 Å². The lowest BCUT2D eigenvalue weighted by Gasteiger charge is -2.18. The van der Waals surface area contributed by atoms with Gasteiger partial charge in [-0.1, -0.05) is 23.7 Å². The molecule has 0 bridgehead atoms. The maximum absolute atomic E-state index is 13.6. The predicted octanol–water partition coefficient (Wildman–Crippen LogP) is 3.20. The molecule has 2 amide bonds. The first kappa shape index (κ1) is 17.7. The zero-order valence-corrected chi connectivity index (χ0v) is 13.9. The number of likely N-dealkylation sites (N-methyl/N-ethyl adjacent to an activating group) is 1. The first-order chi connectivity index (χ1) is 11.4. The van der Waals surface area contributed by atoms with E-state index >= 15 is 0 Å². The zero-order valence-electron chi connectivity index (χ0n) is 13.2. The lowest BCUT2D eigenvalue weighted by Crippen LogP contribution is -2.35. The van der Waals surface area contributed by atoms with Gasteiger partial charge in [0.2, 0.25) is 5.91 Å². The number of amides is 2. The molecule has 0 saturated carbocycles. The standard InChI is InChI=1S/C17H16ClFN2O3/c1-21(17(23)12-5-3-4-6-13(12)19)10-16(22)20-14-9-11(18)7-8-15(14)24-2/h3-9H,10H2,1-2H3,(H,20,22). The molecule has 0 aliphatic rings. The minimum absolute atomic E-state index is 0.0897. The lowest BCUT2D eigenvalue weighted by molar-refractivity contribution is -0.116. The van der Waals surface area contributed by atoms with E-state index in [1.807, 2.05) is 0 Å². The van der Waals surface area contributed by atoms with Gasteiger partial charge in [0.05, 0.1) is 24.9 Å². The Hall–Kier alpha value is -2.60. The first-order valence-corrected chi connectivity index (χ1v) is 7.43. The average Bonchev–Trinajstić information content (AvgIpc) is 2.54. The Balaban J connectivity index is 2.06. The Labute approximate surface area is 144 Å². The molecule has 1 N–H and O–H groups in total. The van der Waals surface area contributed by atoms with Crippen LogP contribution in [0.3, 0.4) is 0 Å². The fourth-order valence-electron chi connectivity index (χ4n) is 2.10. The summed E-state index contributed by atoms with van der Waals surface area (Å²) in [4.78, 5) is 25.4. The second kappa shape index (κ2) is 7.79. The molecule has 2 rings (SSSR count). The number of carbonyl (C=O) groups excluding carboxylic acids is 2. The summed E-state index contributed by atoms with van der Waals surface area (Å²) in [5.74, 6) is -1.23. The summed E-state index contributed by atoms with van der Waals surface area (Å²) in [6, 6.07) is 10.4. The van der Waals surface area contributed by atoms with E-state index in [0.717, 1.165) is 4.90 Å². The van der Waals surface area contributed by atoms with Gasteiger partial charge >= 0.3 is 0 Å². The number of benzene rings is 2. The number of nitrogens with one attached hydrogen (secondary N) is 1. The molecule has 0 aromatic heterocycles. The maximum atomic E-state index is 13.6. The smallest absolute Gasteiger partial charge is 0.257 e. The van der Waals surface area contributed by atoms with Crippen molar-refractivity contribution in [3.05, 3.63) is 58.9 Å². The van der Waals surface area contributed by atoms with Gasteiger partial charge in [-0.15, -0.1) is 0 Å². The number of hydrogen-bond acceptors (Lipinski definition) is 3. The van der Waals surface area contributed by atoms with Crippen LogP contribution in [0.5, 0.6) is 5.75 Å². The average molecular weight is 351 g/mol. The van der Waals surface area contributed by atoms with Crippen LogP contribution in [-0.2, 0) is 4.79 Å². The van der Waals surface area contributed by atoms with E-state index in [9.17, 15) is 14.0 Å². The van der Waals surface area contributed by atoms with Gasteiger partial charge in [-0.2, -0.15) is 0 Å². The van der Waals surface area contributed by atoms with E-state index in [1.165, 1.54) is 38.4 Å². The molecule has 2 aromatic rings. The van der Waals surface area contributed by atoms with Crippen molar-refractivity contribution in [3.63, 3.8) is 0 Å². The quantitative estimate of drug-likeness (QED) is 0.900. The lowest BCUT2D eigenvalue weighted by atomic mass is 10.2. The summed E-state index contributed by atoms with van der Waals surface area (Å²) in [6.07, 6.45) is 0. The molecule has 0 atom stereocenters. The highest BCUT2D eigenvalue weighted by Crippen LogP contribution is 2.27. The number of halogens is 2. The van der Waals surface area contributed by atoms with Gasteiger partial charge in [0, 0.05) is 12.1 Å². The Kier molecular flexibility index (Phi) is 5.76. The molecule has 0 radical (unpaired) electrons. The highest BCUT2D eigenvalue weighted by Gasteiger charge is 2.18. The van der Waals surface area contributed by atoms with Crippen LogP contribution in [-0.4, -0.2) is 37.4 Å². The van der Waals surface area contributed by atoms with E-state index in [0.29, 0.717) is 16.5 Å². The molecule has 0 unspecified atom stereocenters. The first-order valence-electron chi connectivity index (χ1n) is 7.05. The zero-order chi connectivity index (χ0) is 17.7. The highest BCUT2D eigenvalue weighted by atomic mass is 35.5. The van der Waals surface area contributed by atoms with Gasteiger partial charge < -0.3 is 15.0 Å². The van der Waals surface area contributed by atoms with Crippen LogP contribution in [0.25, 0.3) is 0 Å². The molecular weight excluding hydrogens is 335 g/mol. The van der Waals surface area contributed by atoms with Gasteiger partial charge in [0.25, 0.3) is 5.91 Å². The monoisotopic (exact) mass is 350 g/mol. The normalized spacial score (nSPS) is 10.2. The SMILES string of the molecule is COc1ccc(Cl)cc1NC(=O)CN(C)C(=O)c1ccccc1F. The molecule has 24 heavy (non-hydrogen) atoms. The van der Waals surface area contributed by atoms with Gasteiger partial charge in [-0.25, -0.2) is 4.39 Å². The molecular formula is C17H16ClFN2O3. The third kappa shape index (κ3) is 4.23. The molecule has 0 saturated heterocycles. The fourth-order valence-corrected chi connectivity index (χ4v) is 2.27. The number of carbonyl (C=O) groups is 2. The van der Waals surface area contributed by atoms with Crippen LogP contribution < -0.4 is 10.1 Å². The number of anilines is 1. The van der Waals surface area contributed by atoms with Crippen LogP contribution >= 0.6 is 11.6 Å². The summed E-state index contributed by atoms with van der Waals surface area (Å²) in [5.41, 5.74) is 0.301. The summed E-state index contributed by atoms with van der Waals surface area (Å²) >= 11 is 5.90. The molecule has 7 heteroatoms. The van der Waals surface area contributed by atoms with Crippen LogP contribution in [0.15, 0.2) is 42.5 Å². The van der Waals surface area contributed by atoms with Gasteiger partial charge in [0.1, 0.15) is 11.6 Å². The minimum atomic E-state index is -0.633. The van der Waals surface area contributed by atoms with E-state index < -0.39 is 17.6 Å². The molecule has 0 spiro atoms. The summed E-state index contributed by atoms with van der Waals surface area (Å²) in [5, 5.41) is 3.05. The van der Waals surface area contributed by atoms with Crippen molar-refractivity contribution in [2.45, 2.75) is 0 Å². The predicted molar refractivity (Wildman–Crippen MR) is 90.0 cm³/mol. The fraction of sp³-hybridized carbons (Fsp3) is 0.176. The van der Waals surface area contributed by atoms with E-state index in [2.05, 4.69) is 5.32 Å². The van der Waals surface area contributed by atoms with Gasteiger partial charge in [-0.05, 0) is 30.3 Å². The number of methoxy groups -OCH3 is 1. The number of hydrogen-bond donors (Lipinski definition) is 1. The Morgan fingerprint density at radius 2 is 1.96 bits per heavy atom. The van der Waals surface area contributed by atoms with Gasteiger partial charge in [-0.3, -0.25) is 9.59 Å². The van der Waals surface area contributed by atoms with Crippen molar-refractivity contribution < 1.29 is 18.7 Å². The third-order valence-corrected chi connectivity index (χ3v) is 3.50. The summed E-state index contributed by atoms with van der Waals surface area (Å²) in [7, 11) is 2.89. The van der Waals surface area contributed by atoms with Crippen molar-refractivity contribution in [2.24, 2.45) is 0 Å². The van der Waals surface area contributed by atoms with Crippen LogP contribution in [0, 0.1) is 5.82 Å². The Morgan fingerprint density at radius 3 is 2.62 bits per heavy atom. The third-order valence-electron chi connectivity index (χ3n) is 3.27. The van der Waals surface area contributed by atoms with E-state index in [1.54, 1.807) is 18.2 Å². The second-order valence-electron chi connectivity index (χ2n) is 5.03. The molecule has 126 valence electrons. The number of rotatable bonds is 5. The van der Waals surface area contributed by atoms with Crippen LogP contribution in [0.1, 0.15) is 10.4 Å². The number of ether oxygens (including phenoxy) is 1. The molecule has 0 aliphatic carbocycles. The topological polar surface area (TPSA) is 58.6 Å². The molecule has 2 aromatic carbocycles. The van der Waals surface area contributed by atoms with Crippen molar-refractivity contribution in [3.8, 4) is 5.75 Å². The van der Waals surface area contributed by atoms with E-state index in [4.69, 9.17) is 16.3 Å². The number of nitrogens with zero attached hydrogens (tertiary/aromatic N) is 1. The summed E-state index contributed by atoms with van der Waals surface area (Å²) in [6.45, 7) is -0.247. The second-order valence-corrected chi connectivity index (χ2v) is 5.47. The Morgan fingerprint density at radius 1 is 1.25 bits per heavy atom. The molecule has 0 fully saturated rings. The van der Waals surface area contributed by atoms with Crippen molar-refractivity contribution in [1.29, 1.82) is 0 Å². The molecule has 0 heterocycles. The summed E-state index contributed by atoms with van der Waals surface area (Å²) < 4.78 is 18.8. The van der Waals surface area contributed by atoms with Gasteiger partial charge in [0.15, 0.2) is 0 Å². The largest absolute Gasteiger partial charge is 0.495 e. The Bertz CT molecular complexity index is 767. The maximum Gasteiger partial charge on any atom is 0.257 e.